The molecular weight excluding hydrogens is 391 g/mol. The van der Waals surface area contributed by atoms with Crippen LogP contribution in [0.15, 0.2) is 30.7 Å². The van der Waals surface area contributed by atoms with Crippen LogP contribution in [0.4, 0.5) is 21.6 Å². The van der Waals surface area contributed by atoms with Gasteiger partial charge in [-0.2, -0.15) is 0 Å². The summed E-state index contributed by atoms with van der Waals surface area (Å²) in [5.41, 5.74) is 1.41. The van der Waals surface area contributed by atoms with Gasteiger partial charge in [-0.25, -0.2) is 13.9 Å². The second kappa shape index (κ2) is 8.31. The van der Waals surface area contributed by atoms with Crippen molar-refractivity contribution in [3.05, 3.63) is 42.2 Å². The Morgan fingerprint density at radius 3 is 2.80 bits per heavy atom. The standard InChI is InChI=1S/C19H21FN8O2/c1-11(29)22-6-7-23-17-8-15(25-12-2-3-12)18-24-10-16(28(18)27-17)19(30)26-14-4-5-21-9-13(14)20/h4-5,8-10,12,25H,2-3,6-7H2,1H3,(H,22,29)(H,23,27)(H,21,26,30). The average Bonchev–Trinajstić information content (AvgIpc) is 3.42. The zero-order valence-electron chi connectivity index (χ0n) is 16.3. The molecule has 0 aromatic carbocycles. The van der Waals surface area contributed by atoms with Crippen molar-refractivity contribution in [3.63, 3.8) is 0 Å². The average molecular weight is 412 g/mol. The summed E-state index contributed by atoms with van der Waals surface area (Å²) in [5.74, 6) is -0.789. The number of anilines is 3. The Kier molecular flexibility index (Phi) is 5.42. The number of amides is 2. The third-order valence-corrected chi connectivity index (χ3v) is 4.46. The van der Waals surface area contributed by atoms with Crippen LogP contribution < -0.4 is 21.3 Å². The van der Waals surface area contributed by atoms with Crippen molar-refractivity contribution in [1.29, 1.82) is 0 Å². The predicted molar refractivity (Wildman–Crippen MR) is 109 cm³/mol. The monoisotopic (exact) mass is 412 g/mol. The summed E-state index contributed by atoms with van der Waals surface area (Å²) >= 11 is 0. The number of hydrogen-bond acceptors (Lipinski definition) is 7. The quantitative estimate of drug-likeness (QED) is 0.415. The highest BCUT2D eigenvalue weighted by Crippen LogP contribution is 2.28. The summed E-state index contributed by atoms with van der Waals surface area (Å²) in [6.45, 7) is 2.34. The van der Waals surface area contributed by atoms with Crippen molar-refractivity contribution in [3.8, 4) is 0 Å². The van der Waals surface area contributed by atoms with E-state index >= 15 is 0 Å². The first-order chi connectivity index (χ1) is 14.5. The maximum atomic E-state index is 13.8. The van der Waals surface area contributed by atoms with Crippen molar-refractivity contribution in [2.75, 3.05) is 29.0 Å². The molecule has 4 rings (SSSR count). The number of carbonyl (C=O) groups is 2. The molecule has 30 heavy (non-hydrogen) atoms. The molecule has 1 fully saturated rings. The largest absolute Gasteiger partial charge is 0.379 e. The second-order valence-corrected chi connectivity index (χ2v) is 6.96. The highest BCUT2D eigenvalue weighted by molar-refractivity contribution is 6.03. The first-order valence-corrected chi connectivity index (χ1v) is 9.56. The minimum Gasteiger partial charge on any atom is -0.379 e. The summed E-state index contributed by atoms with van der Waals surface area (Å²) in [5, 5.41) is 16.2. The predicted octanol–water partition coefficient (Wildman–Crippen LogP) is 1.64. The summed E-state index contributed by atoms with van der Waals surface area (Å²) in [7, 11) is 0. The molecule has 0 radical (unpaired) electrons. The lowest BCUT2D eigenvalue weighted by molar-refractivity contribution is -0.118. The van der Waals surface area contributed by atoms with Gasteiger partial charge in [0.1, 0.15) is 5.82 Å². The molecule has 156 valence electrons. The number of nitrogens with zero attached hydrogens (tertiary/aromatic N) is 4. The van der Waals surface area contributed by atoms with E-state index in [9.17, 15) is 14.0 Å². The number of hydrogen-bond donors (Lipinski definition) is 4. The van der Waals surface area contributed by atoms with E-state index in [1.807, 2.05) is 6.07 Å². The van der Waals surface area contributed by atoms with Gasteiger partial charge in [-0.05, 0) is 18.9 Å². The van der Waals surface area contributed by atoms with Crippen LogP contribution in [0.1, 0.15) is 30.3 Å². The van der Waals surface area contributed by atoms with Crippen LogP contribution in [-0.4, -0.2) is 50.5 Å². The fourth-order valence-corrected chi connectivity index (χ4v) is 2.86. The third-order valence-electron chi connectivity index (χ3n) is 4.46. The van der Waals surface area contributed by atoms with Crippen LogP contribution in [0.2, 0.25) is 0 Å². The molecule has 10 nitrogen and oxygen atoms in total. The molecule has 0 saturated heterocycles. The fraction of sp³-hybridized carbons (Fsp3) is 0.316. The first-order valence-electron chi connectivity index (χ1n) is 9.56. The van der Waals surface area contributed by atoms with E-state index in [-0.39, 0.29) is 17.3 Å². The molecule has 0 spiro atoms. The van der Waals surface area contributed by atoms with E-state index in [2.05, 4.69) is 36.3 Å². The molecule has 1 saturated carbocycles. The van der Waals surface area contributed by atoms with Crippen molar-refractivity contribution in [2.45, 2.75) is 25.8 Å². The van der Waals surface area contributed by atoms with Gasteiger partial charge in [0.15, 0.2) is 17.2 Å². The topological polar surface area (TPSA) is 125 Å². The van der Waals surface area contributed by atoms with Gasteiger partial charge in [-0.1, -0.05) is 0 Å². The molecule has 3 aromatic rings. The van der Waals surface area contributed by atoms with Gasteiger partial charge in [0.2, 0.25) is 5.91 Å². The summed E-state index contributed by atoms with van der Waals surface area (Å²) < 4.78 is 15.3. The summed E-state index contributed by atoms with van der Waals surface area (Å²) in [6, 6.07) is 3.56. The SMILES string of the molecule is CC(=O)NCCNc1cc(NC2CC2)c2ncc(C(=O)Nc3ccncc3F)n2n1. The van der Waals surface area contributed by atoms with E-state index in [1.165, 1.54) is 29.9 Å². The smallest absolute Gasteiger partial charge is 0.276 e. The van der Waals surface area contributed by atoms with Crippen LogP contribution in [-0.2, 0) is 4.79 Å². The van der Waals surface area contributed by atoms with E-state index < -0.39 is 11.7 Å². The molecule has 1 aliphatic carbocycles. The van der Waals surface area contributed by atoms with Crippen LogP contribution >= 0.6 is 0 Å². The number of carbonyl (C=O) groups excluding carboxylic acids is 2. The van der Waals surface area contributed by atoms with Gasteiger partial charge < -0.3 is 21.3 Å². The number of imidazole rings is 1. The minimum atomic E-state index is -0.635. The number of pyridine rings is 1. The lowest BCUT2D eigenvalue weighted by Crippen LogP contribution is -2.26. The van der Waals surface area contributed by atoms with Crippen molar-refractivity contribution < 1.29 is 14.0 Å². The van der Waals surface area contributed by atoms with E-state index in [4.69, 9.17) is 0 Å². The fourth-order valence-electron chi connectivity index (χ4n) is 2.86. The highest BCUT2D eigenvalue weighted by atomic mass is 19.1. The van der Waals surface area contributed by atoms with E-state index in [0.717, 1.165) is 24.7 Å². The zero-order valence-corrected chi connectivity index (χ0v) is 16.3. The molecule has 0 unspecified atom stereocenters. The van der Waals surface area contributed by atoms with Gasteiger partial charge in [-0.15, -0.1) is 5.10 Å². The van der Waals surface area contributed by atoms with Crippen LogP contribution in [0, 0.1) is 5.82 Å². The first kappa shape index (κ1) is 19.6. The Bertz CT molecular complexity index is 1100. The molecular formula is C19H21FN8O2. The molecule has 1 aliphatic rings. The summed E-state index contributed by atoms with van der Waals surface area (Å²) in [4.78, 5) is 31.8. The van der Waals surface area contributed by atoms with Crippen LogP contribution in [0.3, 0.4) is 0 Å². The molecule has 0 aliphatic heterocycles. The Hall–Kier alpha value is -3.76. The third kappa shape index (κ3) is 4.45. The van der Waals surface area contributed by atoms with Crippen molar-refractivity contribution in [2.24, 2.45) is 0 Å². The molecule has 3 aromatic heterocycles. The van der Waals surface area contributed by atoms with E-state index in [0.29, 0.717) is 30.6 Å². The Labute approximate surface area is 171 Å². The summed E-state index contributed by atoms with van der Waals surface area (Å²) in [6.07, 6.45) is 5.94. The number of aromatic nitrogens is 4. The maximum absolute atomic E-state index is 13.8. The second-order valence-electron chi connectivity index (χ2n) is 6.96. The number of halogens is 1. The highest BCUT2D eigenvalue weighted by Gasteiger charge is 2.24. The van der Waals surface area contributed by atoms with Gasteiger partial charge in [0, 0.05) is 38.3 Å². The van der Waals surface area contributed by atoms with E-state index in [1.54, 1.807) is 0 Å². The van der Waals surface area contributed by atoms with Crippen LogP contribution in [0.5, 0.6) is 0 Å². The Morgan fingerprint density at radius 1 is 1.23 bits per heavy atom. The lowest BCUT2D eigenvalue weighted by atomic mass is 10.3. The normalized spacial score (nSPS) is 13.1. The van der Waals surface area contributed by atoms with Crippen LogP contribution in [0.25, 0.3) is 5.65 Å². The van der Waals surface area contributed by atoms with Crippen molar-refractivity contribution in [1.82, 2.24) is 24.9 Å². The molecule has 0 atom stereocenters. The van der Waals surface area contributed by atoms with Crippen molar-refractivity contribution >= 4 is 34.7 Å². The maximum Gasteiger partial charge on any atom is 0.276 e. The molecule has 2 amide bonds. The number of nitrogens with one attached hydrogen (secondary N) is 4. The Balaban J connectivity index is 1.61. The van der Waals surface area contributed by atoms with Gasteiger partial charge >= 0.3 is 0 Å². The number of fused-ring (bicyclic) bond motifs is 1. The molecule has 3 heterocycles. The Morgan fingerprint density at radius 2 is 2.07 bits per heavy atom. The minimum absolute atomic E-state index is 0.0193. The molecule has 0 bridgehead atoms. The van der Waals surface area contributed by atoms with Gasteiger partial charge in [-0.3, -0.25) is 14.6 Å². The molecule has 11 heteroatoms. The van der Waals surface area contributed by atoms with Gasteiger partial charge in [0.05, 0.1) is 23.8 Å². The lowest BCUT2D eigenvalue weighted by Gasteiger charge is -2.12. The zero-order chi connectivity index (χ0) is 21.1. The van der Waals surface area contributed by atoms with Gasteiger partial charge in [0.25, 0.3) is 5.91 Å². The molecule has 4 N–H and O–H groups in total. The number of rotatable bonds is 8.